The minimum absolute atomic E-state index is 0.0106. The van der Waals surface area contributed by atoms with Crippen molar-refractivity contribution in [1.82, 2.24) is 5.32 Å². The Morgan fingerprint density at radius 3 is 2.35 bits per heavy atom. The molecule has 2 rings (SSSR count). The lowest BCUT2D eigenvalue weighted by molar-refractivity contribution is -0.143. The van der Waals surface area contributed by atoms with Gasteiger partial charge in [-0.25, -0.2) is 4.79 Å². The predicted octanol–water partition coefficient (Wildman–Crippen LogP) is 1.79. The maximum atomic E-state index is 12.1. The molecule has 0 radical (unpaired) electrons. The summed E-state index contributed by atoms with van der Waals surface area (Å²) in [5, 5.41) is 11.8. The Morgan fingerprint density at radius 2 is 1.94 bits per heavy atom. The van der Waals surface area contributed by atoms with Crippen LogP contribution in [0.1, 0.15) is 46.0 Å². The number of amides is 1. The van der Waals surface area contributed by atoms with Crippen LogP contribution in [-0.2, 0) is 9.59 Å². The van der Waals surface area contributed by atoms with Gasteiger partial charge in [0.2, 0.25) is 5.91 Å². The molecule has 0 aromatic carbocycles. The fraction of sp³-hybridized carbons (Fsp3) is 0.846. The zero-order valence-electron chi connectivity index (χ0n) is 10.5. The second-order valence-corrected chi connectivity index (χ2v) is 6.10. The molecule has 96 valence electrons. The second-order valence-electron chi connectivity index (χ2n) is 6.10. The zero-order valence-corrected chi connectivity index (χ0v) is 10.5. The van der Waals surface area contributed by atoms with E-state index in [0.29, 0.717) is 0 Å². The number of nitrogens with one attached hydrogen (secondary N) is 1. The van der Waals surface area contributed by atoms with E-state index < -0.39 is 12.0 Å². The van der Waals surface area contributed by atoms with Crippen LogP contribution in [0.15, 0.2) is 0 Å². The lowest BCUT2D eigenvalue weighted by Gasteiger charge is -2.27. The fourth-order valence-electron chi connectivity index (χ4n) is 2.88. The summed E-state index contributed by atoms with van der Waals surface area (Å²) in [7, 11) is 0. The average Bonchev–Trinajstić information content (AvgIpc) is 2.98. The van der Waals surface area contributed by atoms with E-state index in [2.05, 4.69) is 19.2 Å². The molecular formula is C13H21NO3. The van der Waals surface area contributed by atoms with Gasteiger partial charge in [0, 0.05) is 5.92 Å². The molecule has 2 atom stereocenters. The standard InChI is InChI=1S/C13H21NO3/c1-13(2)7-3-4-9(13)11(15)14-10(12(16)17)8-5-6-8/h8-10H,3-7H2,1-2H3,(H,14,15)(H,16,17). The van der Waals surface area contributed by atoms with E-state index in [1.165, 1.54) is 0 Å². The van der Waals surface area contributed by atoms with Crippen molar-refractivity contribution >= 4 is 11.9 Å². The summed E-state index contributed by atoms with van der Waals surface area (Å²) in [6.07, 6.45) is 4.84. The van der Waals surface area contributed by atoms with Gasteiger partial charge in [-0.15, -0.1) is 0 Å². The van der Waals surface area contributed by atoms with Crippen molar-refractivity contribution in [2.75, 3.05) is 0 Å². The number of rotatable bonds is 4. The summed E-state index contributed by atoms with van der Waals surface area (Å²) < 4.78 is 0. The molecule has 2 fully saturated rings. The minimum Gasteiger partial charge on any atom is -0.480 e. The van der Waals surface area contributed by atoms with Crippen LogP contribution in [0.5, 0.6) is 0 Å². The zero-order chi connectivity index (χ0) is 12.6. The summed E-state index contributed by atoms with van der Waals surface area (Å²) in [5.41, 5.74) is 0.0106. The number of carbonyl (C=O) groups is 2. The molecule has 0 aromatic rings. The van der Waals surface area contributed by atoms with E-state index in [1.807, 2.05) is 0 Å². The van der Waals surface area contributed by atoms with Crippen molar-refractivity contribution in [2.45, 2.75) is 52.0 Å². The third-order valence-corrected chi connectivity index (χ3v) is 4.23. The Labute approximate surface area is 102 Å². The van der Waals surface area contributed by atoms with Gasteiger partial charge < -0.3 is 10.4 Å². The average molecular weight is 239 g/mol. The number of hydrogen-bond donors (Lipinski definition) is 2. The van der Waals surface area contributed by atoms with E-state index in [0.717, 1.165) is 32.1 Å². The van der Waals surface area contributed by atoms with Crippen LogP contribution >= 0.6 is 0 Å². The predicted molar refractivity (Wildman–Crippen MR) is 63.4 cm³/mol. The highest BCUT2D eigenvalue weighted by Crippen LogP contribution is 2.43. The van der Waals surface area contributed by atoms with Gasteiger partial charge in [-0.05, 0) is 37.0 Å². The number of carboxylic acid groups (broad SMARTS) is 1. The Morgan fingerprint density at radius 1 is 1.29 bits per heavy atom. The summed E-state index contributed by atoms with van der Waals surface area (Å²) in [4.78, 5) is 23.2. The molecule has 4 heteroatoms. The molecule has 0 aromatic heterocycles. The molecule has 0 saturated heterocycles. The van der Waals surface area contributed by atoms with Crippen molar-refractivity contribution < 1.29 is 14.7 Å². The first-order valence-corrected chi connectivity index (χ1v) is 6.45. The molecule has 0 heterocycles. The van der Waals surface area contributed by atoms with E-state index in [9.17, 15) is 9.59 Å². The van der Waals surface area contributed by atoms with Gasteiger partial charge in [0.05, 0.1) is 0 Å². The van der Waals surface area contributed by atoms with Crippen LogP contribution < -0.4 is 5.32 Å². The molecule has 0 aliphatic heterocycles. The van der Waals surface area contributed by atoms with Crippen molar-refractivity contribution in [3.05, 3.63) is 0 Å². The quantitative estimate of drug-likeness (QED) is 0.786. The van der Waals surface area contributed by atoms with Gasteiger partial charge in [-0.1, -0.05) is 20.3 Å². The molecule has 17 heavy (non-hydrogen) atoms. The Kier molecular flexibility index (Phi) is 3.15. The minimum atomic E-state index is -0.892. The Balaban J connectivity index is 1.98. The first-order valence-electron chi connectivity index (χ1n) is 6.45. The molecule has 2 saturated carbocycles. The maximum absolute atomic E-state index is 12.1. The molecule has 2 aliphatic carbocycles. The first kappa shape index (κ1) is 12.4. The van der Waals surface area contributed by atoms with E-state index >= 15 is 0 Å². The van der Waals surface area contributed by atoms with Gasteiger partial charge in [0.15, 0.2) is 0 Å². The SMILES string of the molecule is CC1(C)CCCC1C(=O)NC(C(=O)O)C1CC1. The maximum Gasteiger partial charge on any atom is 0.326 e. The van der Waals surface area contributed by atoms with Crippen LogP contribution in [-0.4, -0.2) is 23.0 Å². The molecule has 2 aliphatic rings. The summed E-state index contributed by atoms with van der Waals surface area (Å²) in [6.45, 7) is 4.19. The second kappa shape index (κ2) is 4.31. The van der Waals surface area contributed by atoms with Crippen LogP contribution in [0.3, 0.4) is 0 Å². The normalized spacial score (nSPS) is 28.7. The van der Waals surface area contributed by atoms with Crippen molar-refractivity contribution in [1.29, 1.82) is 0 Å². The molecule has 0 bridgehead atoms. The van der Waals surface area contributed by atoms with E-state index in [4.69, 9.17) is 5.11 Å². The van der Waals surface area contributed by atoms with Crippen LogP contribution in [0.2, 0.25) is 0 Å². The van der Waals surface area contributed by atoms with Crippen molar-refractivity contribution in [3.8, 4) is 0 Å². The number of hydrogen-bond acceptors (Lipinski definition) is 2. The number of aliphatic carboxylic acids is 1. The van der Waals surface area contributed by atoms with Crippen LogP contribution in [0.25, 0.3) is 0 Å². The lowest BCUT2D eigenvalue weighted by atomic mass is 9.81. The van der Waals surface area contributed by atoms with Gasteiger partial charge in [-0.3, -0.25) is 4.79 Å². The summed E-state index contributed by atoms with van der Waals surface area (Å²) in [5.74, 6) is -0.826. The van der Waals surface area contributed by atoms with Crippen LogP contribution in [0.4, 0.5) is 0 Å². The Bertz CT molecular complexity index is 334. The molecule has 2 N–H and O–H groups in total. The van der Waals surface area contributed by atoms with Gasteiger partial charge in [-0.2, -0.15) is 0 Å². The fourth-order valence-corrected chi connectivity index (χ4v) is 2.88. The highest BCUT2D eigenvalue weighted by molar-refractivity contribution is 5.86. The van der Waals surface area contributed by atoms with Gasteiger partial charge in [0.25, 0.3) is 0 Å². The highest BCUT2D eigenvalue weighted by Gasteiger charge is 2.43. The van der Waals surface area contributed by atoms with E-state index in [-0.39, 0.29) is 23.2 Å². The smallest absolute Gasteiger partial charge is 0.326 e. The van der Waals surface area contributed by atoms with Crippen molar-refractivity contribution in [3.63, 3.8) is 0 Å². The molecular weight excluding hydrogens is 218 g/mol. The molecule has 4 nitrogen and oxygen atoms in total. The third kappa shape index (κ3) is 2.61. The number of carbonyl (C=O) groups excluding carboxylic acids is 1. The van der Waals surface area contributed by atoms with E-state index in [1.54, 1.807) is 0 Å². The molecule has 0 spiro atoms. The molecule has 2 unspecified atom stereocenters. The monoisotopic (exact) mass is 239 g/mol. The van der Waals surface area contributed by atoms with Gasteiger partial charge >= 0.3 is 5.97 Å². The number of carboxylic acids is 1. The third-order valence-electron chi connectivity index (χ3n) is 4.23. The van der Waals surface area contributed by atoms with Gasteiger partial charge in [0.1, 0.15) is 6.04 Å². The summed E-state index contributed by atoms with van der Waals surface area (Å²) >= 11 is 0. The Hall–Kier alpha value is -1.06. The highest BCUT2D eigenvalue weighted by atomic mass is 16.4. The molecule has 1 amide bonds. The van der Waals surface area contributed by atoms with Crippen LogP contribution in [0, 0.1) is 17.3 Å². The summed E-state index contributed by atoms with van der Waals surface area (Å²) in [6, 6.07) is -0.668. The first-order chi connectivity index (χ1) is 7.92. The topological polar surface area (TPSA) is 66.4 Å². The lowest BCUT2D eigenvalue weighted by Crippen LogP contribution is -2.46. The largest absolute Gasteiger partial charge is 0.480 e. The van der Waals surface area contributed by atoms with Crippen molar-refractivity contribution in [2.24, 2.45) is 17.3 Å².